The minimum atomic E-state index is -0.765. The maximum Gasteiger partial charge on any atom is 0.146 e. The van der Waals surface area contributed by atoms with Gasteiger partial charge in [-0.15, -0.1) is 0 Å². The lowest BCUT2D eigenvalue weighted by Crippen LogP contribution is -2.33. The first-order chi connectivity index (χ1) is 7.59. The Bertz CT molecular complexity index is 375. The van der Waals surface area contributed by atoms with Crippen molar-refractivity contribution in [1.29, 1.82) is 0 Å². The Hall–Kier alpha value is -1.16. The minimum Gasteiger partial charge on any atom is -0.388 e. The molecule has 0 unspecified atom stereocenters. The predicted molar refractivity (Wildman–Crippen MR) is 58.3 cm³/mol. The quantitative estimate of drug-likeness (QED) is 0.832. The van der Waals surface area contributed by atoms with Crippen molar-refractivity contribution in [2.45, 2.75) is 31.3 Å². The third kappa shape index (κ3) is 2.50. The van der Waals surface area contributed by atoms with Crippen LogP contribution in [0, 0.1) is 11.6 Å². The summed E-state index contributed by atoms with van der Waals surface area (Å²) in [5.74, 6) is -0.981. The normalized spacial score (nSPS) is 18.7. The smallest absolute Gasteiger partial charge is 0.146 e. The van der Waals surface area contributed by atoms with Crippen LogP contribution in [0.25, 0.3) is 0 Å². The Kier molecular flexibility index (Phi) is 3.10. The first-order valence-electron chi connectivity index (χ1n) is 5.50. The van der Waals surface area contributed by atoms with E-state index in [0.29, 0.717) is 0 Å². The highest BCUT2D eigenvalue weighted by Gasteiger charge is 2.30. The number of hydrogen-bond acceptors (Lipinski definition) is 2. The average molecular weight is 227 g/mol. The largest absolute Gasteiger partial charge is 0.388 e. The summed E-state index contributed by atoms with van der Waals surface area (Å²) in [6.07, 6.45) is 3.42. The van der Waals surface area contributed by atoms with E-state index in [1.54, 1.807) is 0 Å². The molecular weight excluding hydrogens is 212 g/mol. The highest BCUT2D eigenvalue weighted by atomic mass is 19.1. The maximum atomic E-state index is 13.3. The molecule has 2 N–H and O–H groups in total. The molecule has 1 aromatic carbocycles. The molecule has 88 valence electrons. The Morgan fingerprint density at radius 2 is 1.94 bits per heavy atom. The van der Waals surface area contributed by atoms with Gasteiger partial charge in [0, 0.05) is 6.54 Å². The second-order valence-corrected chi connectivity index (χ2v) is 4.41. The molecule has 0 spiro atoms. The van der Waals surface area contributed by atoms with E-state index in [4.69, 9.17) is 0 Å². The van der Waals surface area contributed by atoms with Gasteiger partial charge in [0.15, 0.2) is 0 Å². The predicted octanol–water partition coefficient (Wildman–Crippen LogP) is 2.68. The van der Waals surface area contributed by atoms with E-state index >= 15 is 0 Å². The summed E-state index contributed by atoms with van der Waals surface area (Å²) in [5.41, 5.74) is -0.654. The molecular formula is C12H15F2NO. The van der Waals surface area contributed by atoms with Gasteiger partial charge in [-0.3, -0.25) is 0 Å². The van der Waals surface area contributed by atoms with Crippen molar-refractivity contribution in [2.75, 3.05) is 11.9 Å². The molecule has 2 rings (SSSR count). The summed E-state index contributed by atoms with van der Waals surface area (Å²) in [7, 11) is 0. The second-order valence-electron chi connectivity index (χ2n) is 4.41. The molecule has 0 atom stereocenters. The van der Waals surface area contributed by atoms with Gasteiger partial charge in [0.2, 0.25) is 0 Å². The van der Waals surface area contributed by atoms with E-state index < -0.39 is 17.2 Å². The van der Waals surface area contributed by atoms with Crippen LogP contribution in [0.3, 0.4) is 0 Å². The van der Waals surface area contributed by atoms with Crippen molar-refractivity contribution >= 4 is 5.69 Å². The van der Waals surface area contributed by atoms with E-state index in [2.05, 4.69) is 5.32 Å². The van der Waals surface area contributed by atoms with Crippen molar-refractivity contribution in [1.82, 2.24) is 0 Å². The summed E-state index contributed by atoms with van der Waals surface area (Å²) in [6, 6.07) is 3.26. The fourth-order valence-electron chi connectivity index (χ4n) is 2.10. The molecule has 0 aromatic heterocycles. The SMILES string of the molecule is OC1(CNc2cc(F)ccc2F)CCCC1. The van der Waals surface area contributed by atoms with Crippen LogP contribution in [-0.4, -0.2) is 17.3 Å². The zero-order valence-corrected chi connectivity index (χ0v) is 8.97. The molecule has 1 aliphatic rings. The zero-order chi connectivity index (χ0) is 11.6. The van der Waals surface area contributed by atoms with Gasteiger partial charge < -0.3 is 10.4 Å². The van der Waals surface area contributed by atoms with Crippen LogP contribution in [-0.2, 0) is 0 Å². The highest BCUT2D eigenvalue weighted by Crippen LogP contribution is 2.29. The fraction of sp³-hybridized carbons (Fsp3) is 0.500. The number of aliphatic hydroxyl groups is 1. The zero-order valence-electron chi connectivity index (χ0n) is 8.97. The monoisotopic (exact) mass is 227 g/mol. The van der Waals surface area contributed by atoms with Gasteiger partial charge in [0.25, 0.3) is 0 Å². The van der Waals surface area contributed by atoms with Crippen LogP contribution in [0.5, 0.6) is 0 Å². The van der Waals surface area contributed by atoms with Gasteiger partial charge in [-0.1, -0.05) is 12.8 Å². The Morgan fingerprint density at radius 1 is 1.25 bits per heavy atom. The van der Waals surface area contributed by atoms with Crippen molar-refractivity contribution in [3.63, 3.8) is 0 Å². The van der Waals surface area contributed by atoms with Crippen LogP contribution in [0.2, 0.25) is 0 Å². The number of halogens is 2. The van der Waals surface area contributed by atoms with Crippen molar-refractivity contribution in [3.05, 3.63) is 29.8 Å². The standard InChI is InChI=1S/C12H15F2NO/c13-9-3-4-10(14)11(7-9)15-8-12(16)5-1-2-6-12/h3-4,7,15-16H,1-2,5-6,8H2. The molecule has 0 amide bonds. The molecule has 4 heteroatoms. The van der Waals surface area contributed by atoms with Gasteiger partial charge in [-0.05, 0) is 31.0 Å². The summed E-state index contributed by atoms with van der Waals surface area (Å²) in [6.45, 7) is 0.271. The van der Waals surface area contributed by atoms with Gasteiger partial charge >= 0.3 is 0 Å². The topological polar surface area (TPSA) is 32.3 Å². The summed E-state index contributed by atoms with van der Waals surface area (Å²) in [4.78, 5) is 0. The van der Waals surface area contributed by atoms with E-state index in [9.17, 15) is 13.9 Å². The molecule has 0 bridgehead atoms. The molecule has 0 heterocycles. The molecule has 0 radical (unpaired) electrons. The molecule has 1 saturated carbocycles. The third-order valence-electron chi connectivity index (χ3n) is 3.07. The number of rotatable bonds is 3. The van der Waals surface area contributed by atoms with Crippen LogP contribution < -0.4 is 5.32 Å². The molecule has 0 saturated heterocycles. The van der Waals surface area contributed by atoms with Crippen LogP contribution >= 0.6 is 0 Å². The molecule has 2 nitrogen and oxygen atoms in total. The van der Waals surface area contributed by atoms with Crippen molar-refractivity contribution < 1.29 is 13.9 Å². The molecule has 1 aromatic rings. The molecule has 1 fully saturated rings. The maximum absolute atomic E-state index is 13.3. The third-order valence-corrected chi connectivity index (χ3v) is 3.07. The lowest BCUT2D eigenvalue weighted by atomic mass is 10.0. The fourth-order valence-corrected chi connectivity index (χ4v) is 2.10. The second kappa shape index (κ2) is 4.37. The van der Waals surface area contributed by atoms with E-state index in [1.165, 1.54) is 0 Å². The highest BCUT2D eigenvalue weighted by molar-refractivity contribution is 5.45. The average Bonchev–Trinajstić information content (AvgIpc) is 2.67. The number of benzene rings is 1. The Balaban J connectivity index is 2.01. The van der Waals surface area contributed by atoms with Crippen LogP contribution in [0.4, 0.5) is 14.5 Å². The first-order valence-corrected chi connectivity index (χ1v) is 5.50. The van der Waals surface area contributed by atoms with E-state index in [0.717, 1.165) is 43.9 Å². The van der Waals surface area contributed by atoms with E-state index in [1.807, 2.05) is 0 Å². The van der Waals surface area contributed by atoms with Crippen molar-refractivity contribution in [3.8, 4) is 0 Å². The van der Waals surface area contributed by atoms with Gasteiger partial charge in [-0.2, -0.15) is 0 Å². The summed E-state index contributed by atoms with van der Waals surface area (Å²) < 4.78 is 26.1. The number of anilines is 1. The summed E-state index contributed by atoms with van der Waals surface area (Å²) >= 11 is 0. The lowest BCUT2D eigenvalue weighted by Gasteiger charge is -2.23. The van der Waals surface area contributed by atoms with Gasteiger partial charge in [0.1, 0.15) is 11.6 Å². The molecule has 1 aliphatic carbocycles. The van der Waals surface area contributed by atoms with Crippen LogP contribution in [0.1, 0.15) is 25.7 Å². The molecule has 0 aliphatic heterocycles. The first kappa shape index (κ1) is 11.3. The lowest BCUT2D eigenvalue weighted by molar-refractivity contribution is 0.0614. The van der Waals surface area contributed by atoms with Crippen LogP contribution in [0.15, 0.2) is 18.2 Å². The van der Waals surface area contributed by atoms with Gasteiger partial charge in [-0.25, -0.2) is 8.78 Å². The minimum absolute atomic E-state index is 0.111. The Labute approximate surface area is 93.3 Å². The Morgan fingerprint density at radius 3 is 2.62 bits per heavy atom. The van der Waals surface area contributed by atoms with E-state index in [-0.39, 0.29) is 12.2 Å². The van der Waals surface area contributed by atoms with Gasteiger partial charge in [0.05, 0.1) is 11.3 Å². The summed E-state index contributed by atoms with van der Waals surface area (Å²) in [5, 5.41) is 12.8. The molecule has 16 heavy (non-hydrogen) atoms. The number of nitrogens with one attached hydrogen (secondary N) is 1. The number of hydrogen-bond donors (Lipinski definition) is 2. The van der Waals surface area contributed by atoms with Crippen molar-refractivity contribution in [2.24, 2.45) is 0 Å².